The van der Waals surface area contributed by atoms with E-state index in [0.29, 0.717) is 35.3 Å². The summed E-state index contributed by atoms with van der Waals surface area (Å²) in [6, 6.07) is 47.2. The Balaban J connectivity index is 1.12. The van der Waals surface area contributed by atoms with Crippen molar-refractivity contribution in [3.05, 3.63) is 209 Å². The zero-order chi connectivity index (χ0) is 65.8. The maximum Gasteiger partial charge on any atom is 0.407 e. The van der Waals surface area contributed by atoms with Crippen molar-refractivity contribution in [3.8, 4) is 5.75 Å². The van der Waals surface area contributed by atoms with E-state index in [0.717, 1.165) is 27.6 Å². The molecule has 7 aromatic rings. The van der Waals surface area contributed by atoms with Crippen LogP contribution in [0, 0.1) is 11.8 Å². The predicted molar refractivity (Wildman–Crippen MR) is 356 cm³/mol. The first-order chi connectivity index (χ1) is 44.2. The summed E-state index contributed by atoms with van der Waals surface area (Å²) in [5, 5.41) is 36.7. The van der Waals surface area contributed by atoms with E-state index in [4.69, 9.17) is 4.74 Å². The molecule has 1 aliphatic rings. The second kappa shape index (κ2) is 32.8. The van der Waals surface area contributed by atoms with Gasteiger partial charge in [-0.15, -0.1) is 11.8 Å². The van der Waals surface area contributed by atoms with Crippen LogP contribution >= 0.6 is 11.8 Å². The van der Waals surface area contributed by atoms with Crippen molar-refractivity contribution in [1.29, 1.82) is 0 Å². The third-order valence-electron chi connectivity index (χ3n) is 16.6. The summed E-state index contributed by atoms with van der Waals surface area (Å²) in [6.45, 7) is 6.94. The minimum absolute atomic E-state index is 0.0295. The lowest BCUT2D eigenvalue weighted by molar-refractivity contribution is -0.143. The number of aliphatic hydroxyl groups excluding tert-OH is 1. The Morgan fingerprint density at radius 1 is 0.620 bits per heavy atom. The molecule has 7 atom stereocenters. The first kappa shape index (κ1) is 68.8. The summed E-state index contributed by atoms with van der Waals surface area (Å²) in [5.41, 5.74) is 5.07. The largest absolute Gasteiger partial charge is 0.508 e. The number of likely N-dealkylation sites (N-methyl/N-ethyl adjacent to an activating group) is 1. The number of nitrogens with zero attached hydrogens (tertiary/aromatic N) is 1. The van der Waals surface area contributed by atoms with Gasteiger partial charge in [-0.2, -0.15) is 0 Å². The second-order valence-corrected chi connectivity index (χ2v) is 25.9. The summed E-state index contributed by atoms with van der Waals surface area (Å²) in [7, 11) is 1.41. The molecule has 8 rings (SSSR count). The molecule has 0 radical (unpaired) electrons. The molecular weight excluding hydrogens is 1180 g/mol. The first-order valence-electron chi connectivity index (χ1n) is 31.5. The number of nitrogens with one attached hydrogen (secondary N) is 6. The number of para-hydroxylation sites is 1. The van der Waals surface area contributed by atoms with E-state index < -0.39 is 112 Å². The Kier molecular flexibility index (Phi) is 24.5. The maximum atomic E-state index is 15.5. The molecule has 2 heterocycles. The highest BCUT2D eigenvalue weighted by Crippen LogP contribution is 2.48. The number of H-pyrrole nitrogens is 1. The van der Waals surface area contributed by atoms with Crippen molar-refractivity contribution in [2.45, 2.75) is 133 Å². The van der Waals surface area contributed by atoms with Crippen molar-refractivity contribution in [2.24, 2.45) is 11.8 Å². The molecule has 8 N–H and O–H groups in total. The topological polar surface area (TPSA) is 265 Å². The van der Waals surface area contributed by atoms with Gasteiger partial charge in [0.2, 0.25) is 29.5 Å². The number of aromatic amines is 1. The second-order valence-electron chi connectivity index (χ2n) is 24.6. The number of carbonyl (C=O) groups excluding carboxylic acids is 8. The third-order valence-corrected chi connectivity index (χ3v) is 18.1. The Hall–Kier alpha value is -9.07. The van der Waals surface area contributed by atoms with E-state index in [2.05, 4.69) is 68.0 Å². The van der Waals surface area contributed by atoms with Crippen LogP contribution in [-0.4, -0.2) is 129 Å². The molecule has 0 unspecified atom stereocenters. The van der Waals surface area contributed by atoms with E-state index in [-0.39, 0.29) is 57.4 Å². The minimum atomic E-state index is -1.65. The number of carbonyl (C=O) groups is 8. The monoisotopic (exact) mass is 1270 g/mol. The number of amides is 6. The highest BCUT2D eigenvalue weighted by atomic mass is 32.2. The number of Topliss-reactive ketones (excluding diaryl/α,β-unsaturated/α-hetero) is 2. The Bertz CT molecular complexity index is 3500. The van der Waals surface area contributed by atoms with Gasteiger partial charge in [0.05, 0.1) is 22.9 Å². The number of aliphatic hydroxyl groups is 1. The zero-order valence-electron chi connectivity index (χ0n) is 52.9. The number of ketones is 2. The molecule has 1 fully saturated rings. The molecule has 92 heavy (non-hydrogen) atoms. The van der Waals surface area contributed by atoms with E-state index in [1.165, 1.54) is 31.0 Å². The summed E-state index contributed by atoms with van der Waals surface area (Å²) >= 11 is 1.67. The van der Waals surface area contributed by atoms with E-state index >= 15 is 19.2 Å². The molecular formula is C73H85N7O11S. The number of ether oxygens (including phenoxy) is 1. The SMILES string of the molecule is C[C@@H](O)[C@@H]1NC(=O)[C@H](CCCCNC(=O)OC(C)(C)C)CC(=O)[C@@H](Cc2c[nH]c3ccccc23)NC(=O)[C@H](Cc2ccc(O)cc2)CC(=O)[C@H](CCC(=O)NCCSC(c2ccccc2)(c2ccccc2)c2ccccc2)N(C)C(=O)[C@H](Cc2ccccc2)NC1=O. The van der Waals surface area contributed by atoms with Crippen LogP contribution in [0.3, 0.4) is 0 Å². The van der Waals surface area contributed by atoms with Gasteiger partial charge < -0.3 is 51.4 Å². The van der Waals surface area contributed by atoms with Crippen LogP contribution in [0.4, 0.5) is 4.79 Å². The number of aromatic hydroxyl groups is 1. The van der Waals surface area contributed by atoms with Gasteiger partial charge in [-0.3, -0.25) is 33.6 Å². The molecule has 19 heteroatoms. The van der Waals surface area contributed by atoms with Gasteiger partial charge in [-0.1, -0.05) is 158 Å². The number of rotatable bonds is 22. The lowest BCUT2D eigenvalue weighted by atomic mass is 9.84. The molecule has 18 nitrogen and oxygen atoms in total. The fraction of sp³-hybridized carbons (Fsp3) is 0.370. The number of alkyl carbamates (subject to hydrolysis) is 1. The maximum absolute atomic E-state index is 15.5. The molecule has 484 valence electrons. The fourth-order valence-electron chi connectivity index (χ4n) is 11.8. The number of thioether (sulfide) groups is 1. The summed E-state index contributed by atoms with van der Waals surface area (Å²) in [4.78, 5) is 122. The van der Waals surface area contributed by atoms with Gasteiger partial charge in [0.15, 0.2) is 11.6 Å². The van der Waals surface area contributed by atoms with Crippen LogP contribution in [0.2, 0.25) is 0 Å². The molecule has 1 aliphatic heterocycles. The molecule has 0 bridgehead atoms. The van der Waals surface area contributed by atoms with Crippen molar-refractivity contribution < 1.29 is 53.3 Å². The summed E-state index contributed by atoms with van der Waals surface area (Å²) in [6.07, 6.45) is -1.21. The van der Waals surface area contributed by atoms with Crippen molar-refractivity contribution in [3.63, 3.8) is 0 Å². The minimum Gasteiger partial charge on any atom is -0.508 e. The molecule has 0 spiro atoms. The Morgan fingerprint density at radius 2 is 1.17 bits per heavy atom. The van der Waals surface area contributed by atoms with Gasteiger partial charge in [-0.05, 0) is 105 Å². The lowest BCUT2D eigenvalue weighted by Crippen LogP contribution is -2.59. The lowest BCUT2D eigenvalue weighted by Gasteiger charge is -2.35. The van der Waals surface area contributed by atoms with Gasteiger partial charge >= 0.3 is 6.09 Å². The number of benzene rings is 6. The molecule has 0 aliphatic carbocycles. The predicted octanol–water partition coefficient (Wildman–Crippen LogP) is 9.04. The number of unbranched alkanes of at least 4 members (excludes halogenated alkanes) is 1. The number of fused-ring (bicyclic) bond motifs is 1. The van der Waals surface area contributed by atoms with Crippen LogP contribution < -0.4 is 26.6 Å². The quantitative estimate of drug-likeness (QED) is 0.0233. The highest BCUT2D eigenvalue weighted by molar-refractivity contribution is 8.00. The summed E-state index contributed by atoms with van der Waals surface area (Å²) in [5.74, 6) is -6.48. The Labute approximate surface area is 542 Å². The number of aromatic nitrogens is 1. The van der Waals surface area contributed by atoms with Gasteiger partial charge in [-0.25, -0.2) is 4.79 Å². The van der Waals surface area contributed by atoms with Gasteiger partial charge in [0, 0.05) is 86.9 Å². The summed E-state index contributed by atoms with van der Waals surface area (Å²) < 4.78 is 4.73. The van der Waals surface area contributed by atoms with Crippen LogP contribution in [0.15, 0.2) is 176 Å². The van der Waals surface area contributed by atoms with Crippen molar-refractivity contribution in [2.75, 3.05) is 25.9 Å². The van der Waals surface area contributed by atoms with Crippen molar-refractivity contribution >= 4 is 69.9 Å². The molecule has 6 aromatic carbocycles. The van der Waals surface area contributed by atoms with Gasteiger partial charge in [0.25, 0.3) is 0 Å². The van der Waals surface area contributed by atoms with E-state index in [1.807, 2.05) is 78.9 Å². The van der Waals surface area contributed by atoms with Gasteiger partial charge in [0.1, 0.15) is 23.4 Å². The van der Waals surface area contributed by atoms with Crippen molar-refractivity contribution in [1.82, 2.24) is 36.5 Å². The van der Waals surface area contributed by atoms with E-state index in [1.54, 1.807) is 81.2 Å². The number of hydrogen-bond acceptors (Lipinski definition) is 12. The zero-order valence-corrected chi connectivity index (χ0v) is 53.7. The van der Waals surface area contributed by atoms with Crippen LogP contribution in [-0.2, 0) is 62.3 Å². The highest BCUT2D eigenvalue weighted by Gasteiger charge is 2.40. The van der Waals surface area contributed by atoms with Crippen LogP contribution in [0.25, 0.3) is 10.9 Å². The molecule has 1 aromatic heterocycles. The molecule has 0 saturated carbocycles. The number of phenols is 1. The number of hydrogen-bond donors (Lipinski definition) is 8. The normalized spacial score (nSPS) is 19.4. The van der Waals surface area contributed by atoms with Crippen LogP contribution in [0.5, 0.6) is 5.75 Å². The Morgan fingerprint density at radius 3 is 1.78 bits per heavy atom. The molecule has 6 amide bonds. The average Bonchev–Trinajstić information content (AvgIpc) is 0.896. The smallest absolute Gasteiger partial charge is 0.407 e. The number of phenolic OH excluding ortho intramolecular Hbond substituents is 1. The van der Waals surface area contributed by atoms with Crippen LogP contribution in [0.1, 0.15) is 106 Å². The fourth-order valence-corrected chi connectivity index (χ4v) is 13.2. The standard InChI is InChI=1S/C73H85N7O11S/c1-48(81)66-69(88)78-61(43-49-22-10-6-11-23-49)70(89)80(5)62(37-38-65(85)74-40-41-92-73(54-25-12-7-13-26-54,55-27-14-8-15-28-55)56-29-16-9-17-30-56)64(84)46-52(42-50-33-35-57(82)36-34-50)68(87)77-60(44-53-47-76-59-32-19-18-31-58(53)59)63(83)45-51(67(86)79-66)24-20-21-39-75-71(90)91-72(2,3)4/h6-19,22-23,25-36,47-48,51-52,60-62,66,76,81-82H,20-21,24,37-46H2,1-5H3,(H,74,85)(H,75,90)(H,77,87)(H,78,88)(H,79,86)/t48-,51-,52-,60-,61+,62+,66+/m1/s1. The van der Waals surface area contributed by atoms with E-state index in [9.17, 15) is 29.4 Å². The average molecular weight is 1270 g/mol. The third kappa shape index (κ3) is 19.0. The molecule has 1 saturated heterocycles. The first-order valence-corrected chi connectivity index (χ1v) is 32.5.